The number of alkyl halides is 3. The Labute approximate surface area is 159 Å². The summed E-state index contributed by atoms with van der Waals surface area (Å²) in [5.41, 5.74) is 0.155. The van der Waals surface area contributed by atoms with Crippen LogP contribution in [-0.4, -0.2) is 53.5 Å². The second-order valence-corrected chi connectivity index (χ2v) is 7.58. The van der Waals surface area contributed by atoms with Gasteiger partial charge in [-0.25, -0.2) is 9.97 Å². The van der Waals surface area contributed by atoms with Crippen LogP contribution in [0.2, 0.25) is 0 Å². The molecule has 0 spiro atoms. The number of nitrogens with one attached hydrogen (secondary N) is 1. The van der Waals surface area contributed by atoms with Crippen LogP contribution in [0.1, 0.15) is 16.1 Å². The van der Waals surface area contributed by atoms with Crippen molar-refractivity contribution in [2.45, 2.75) is 20.0 Å². The van der Waals surface area contributed by atoms with Crippen LogP contribution in [0, 0.1) is 13.8 Å². The molecule has 1 aliphatic heterocycles. The van der Waals surface area contributed by atoms with Crippen molar-refractivity contribution in [1.82, 2.24) is 14.9 Å². The lowest BCUT2D eigenvalue weighted by atomic mass is 10.2. The van der Waals surface area contributed by atoms with E-state index in [-0.39, 0.29) is 12.5 Å². The van der Waals surface area contributed by atoms with E-state index in [1.54, 1.807) is 0 Å². The van der Waals surface area contributed by atoms with Gasteiger partial charge in [0.2, 0.25) is 5.91 Å². The molecule has 2 aromatic heterocycles. The lowest BCUT2D eigenvalue weighted by molar-refractivity contribution is -0.137. The van der Waals surface area contributed by atoms with Gasteiger partial charge in [0.25, 0.3) is 0 Å². The molecule has 6 nitrogen and oxygen atoms in total. The lowest BCUT2D eigenvalue weighted by Gasteiger charge is -2.35. The summed E-state index contributed by atoms with van der Waals surface area (Å²) in [4.78, 5) is 25.4. The van der Waals surface area contributed by atoms with Gasteiger partial charge in [-0.15, -0.1) is 11.3 Å². The van der Waals surface area contributed by atoms with Gasteiger partial charge in [0.05, 0.1) is 17.8 Å². The number of aryl methyl sites for hydroxylation is 2. The number of pyridine rings is 1. The molecular formula is C17H20F3N5OS. The summed E-state index contributed by atoms with van der Waals surface area (Å²) in [6.45, 7) is 6.57. The van der Waals surface area contributed by atoms with E-state index < -0.39 is 11.7 Å². The largest absolute Gasteiger partial charge is 0.417 e. The third kappa shape index (κ3) is 4.95. The zero-order chi connectivity index (χ0) is 19.6. The first kappa shape index (κ1) is 19.6. The molecule has 0 unspecified atom stereocenters. The highest BCUT2D eigenvalue weighted by Gasteiger charge is 2.31. The van der Waals surface area contributed by atoms with Crippen molar-refractivity contribution in [3.63, 3.8) is 0 Å². The molecular weight excluding hydrogens is 379 g/mol. The fourth-order valence-electron chi connectivity index (χ4n) is 2.76. The smallest absolute Gasteiger partial charge is 0.354 e. The number of anilines is 2. The summed E-state index contributed by atoms with van der Waals surface area (Å²) in [6.07, 6.45) is -3.53. The van der Waals surface area contributed by atoms with E-state index in [0.717, 1.165) is 22.8 Å². The average molecular weight is 399 g/mol. The van der Waals surface area contributed by atoms with Gasteiger partial charge in [0, 0.05) is 37.3 Å². The first-order chi connectivity index (χ1) is 12.7. The van der Waals surface area contributed by atoms with Crippen molar-refractivity contribution in [2.24, 2.45) is 0 Å². The van der Waals surface area contributed by atoms with Crippen LogP contribution >= 0.6 is 11.3 Å². The van der Waals surface area contributed by atoms with Crippen LogP contribution in [0.5, 0.6) is 0 Å². The first-order valence-corrected chi connectivity index (χ1v) is 9.28. The fourth-order valence-corrected chi connectivity index (χ4v) is 3.59. The number of rotatable bonds is 4. The van der Waals surface area contributed by atoms with Crippen molar-refractivity contribution in [2.75, 3.05) is 42.9 Å². The van der Waals surface area contributed by atoms with Gasteiger partial charge in [-0.2, -0.15) is 13.2 Å². The Bertz CT molecular complexity index is 778. The van der Waals surface area contributed by atoms with E-state index >= 15 is 0 Å². The Morgan fingerprint density at radius 2 is 1.93 bits per heavy atom. The summed E-state index contributed by atoms with van der Waals surface area (Å²) in [6, 6.07) is 2.43. The fraction of sp³-hybridized carbons (Fsp3) is 0.471. The molecule has 1 N–H and O–H groups in total. The molecule has 2 aromatic rings. The highest BCUT2D eigenvalue weighted by atomic mass is 32.1. The Balaban J connectivity index is 1.49. The standard InChI is InChI=1S/C17H20F3N5OS/c1-11-12(2)27-16(22-11)23-15(26)10-24-5-7-25(8-6-24)14-4-3-13(9-21-14)17(18,19)20/h3-4,9H,5-8,10H2,1-2H3,(H,22,23,26). The lowest BCUT2D eigenvalue weighted by Crippen LogP contribution is -2.48. The van der Waals surface area contributed by atoms with Gasteiger partial charge >= 0.3 is 6.18 Å². The van der Waals surface area contributed by atoms with Gasteiger partial charge in [-0.1, -0.05) is 0 Å². The normalized spacial score (nSPS) is 15.8. The van der Waals surface area contributed by atoms with Crippen molar-refractivity contribution < 1.29 is 18.0 Å². The Morgan fingerprint density at radius 1 is 1.22 bits per heavy atom. The molecule has 0 bridgehead atoms. The molecule has 1 saturated heterocycles. The number of halogens is 3. The second kappa shape index (κ2) is 7.81. The molecule has 3 rings (SSSR count). The highest BCUT2D eigenvalue weighted by molar-refractivity contribution is 7.15. The van der Waals surface area contributed by atoms with Crippen molar-refractivity contribution >= 4 is 28.2 Å². The minimum Gasteiger partial charge on any atom is -0.354 e. The minimum absolute atomic E-state index is 0.121. The van der Waals surface area contributed by atoms with E-state index in [1.807, 2.05) is 23.6 Å². The van der Waals surface area contributed by atoms with Gasteiger partial charge in [0.15, 0.2) is 5.13 Å². The molecule has 1 amide bonds. The van der Waals surface area contributed by atoms with E-state index in [9.17, 15) is 18.0 Å². The Hall–Kier alpha value is -2.20. The minimum atomic E-state index is -4.38. The zero-order valence-corrected chi connectivity index (χ0v) is 15.8. The van der Waals surface area contributed by atoms with Crippen LogP contribution in [0.3, 0.4) is 0 Å². The summed E-state index contributed by atoms with van der Waals surface area (Å²) in [7, 11) is 0. The predicted octanol–water partition coefficient (Wildman–Crippen LogP) is 2.93. The summed E-state index contributed by atoms with van der Waals surface area (Å²) in [5, 5.41) is 3.41. The number of hydrogen-bond acceptors (Lipinski definition) is 6. The van der Waals surface area contributed by atoms with Gasteiger partial charge < -0.3 is 10.2 Å². The van der Waals surface area contributed by atoms with E-state index in [0.29, 0.717) is 37.1 Å². The van der Waals surface area contributed by atoms with Crippen LogP contribution in [0.4, 0.5) is 24.1 Å². The number of nitrogens with zero attached hydrogens (tertiary/aromatic N) is 4. The van der Waals surface area contributed by atoms with Gasteiger partial charge in [-0.3, -0.25) is 9.69 Å². The van der Waals surface area contributed by atoms with Gasteiger partial charge in [-0.05, 0) is 26.0 Å². The van der Waals surface area contributed by atoms with Crippen molar-refractivity contribution in [1.29, 1.82) is 0 Å². The quantitative estimate of drug-likeness (QED) is 0.857. The summed E-state index contributed by atoms with van der Waals surface area (Å²) in [5.74, 6) is 0.394. The van der Waals surface area contributed by atoms with Crippen LogP contribution in [0.25, 0.3) is 0 Å². The number of thiazole rings is 1. The van der Waals surface area contributed by atoms with Crippen LogP contribution < -0.4 is 10.2 Å². The van der Waals surface area contributed by atoms with Crippen LogP contribution in [-0.2, 0) is 11.0 Å². The molecule has 0 aromatic carbocycles. The molecule has 10 heteroatoms. The van der Waals surface area contributed by atoms with E-state index in [1.165, 1.54) is 17.4 Å². The SMILES string of the molecule is Cc1nc(NC(=O)CN2CCN(c3ccc(C(F)(F)F)cn3)CC2)sc1C. The number of hydrogen-bond donors (Lipinski definition) is 1. The second-order valence-electron chi connectivity index (χ2n) is 6.37. The topological polar surface area (TPSA) is 61.4 Å². The van der Waals surface area contributed by atoms with Gasteiger partial charge in [0.1, 0.15) is 5.82 Å². The molecule has 27 heavy (non-hydrogen) atoms. The average Bonchev–Trinajstić information content (AvgIpc) is 2.92. The van der Waals surface area contributed by atoms with E-state index in [4.69, 9.17) is 0 Å². The monoisotopic (exact) mass is 399 g/mol. The van der Waals surface area contributed by atoms with Crippen LogP contribution in [0.15, 0.2) is 18.3 Å². The molecule has 3 heterocycles. The maximum Gasteiger partial charge on any atom is 0.417 e. The molecule has 0 aliphatic carbocycles. The number of carbonyl (C=O) groups excluding carboxylic acids is 1. The first-order valence-electron chi connectivity index (χ1n) is 8.47. The number of carbonyl (C=O) groups is 1. The molecule has 146 valence electrons. The molecule has 0 radical (unpaired) electrons. The molecule has 1 fully saturated rings. The summed E-state index contributed by atoms with van der Waals surface area (Å²) >= 11 is 1.45. The maximum absolute atomic E-state index is 12.6. The maximum atomic E-state index is 12.6. The number of piperazine rings is 1. The molecule has 1 aliphatic rings. The Morgan fingerprint density at radius 3 is 2.44 bits per heavy atom. The van der Waals surface area contributed by atoms with E-state index in [2.05, 4.69) is 15.3 Å². The predicted molar refractivity (Wildman–Crippen MR) is 98.1 cm³/mol. The van der Waals surface area contributed by atoms with Crippen molar-refractivity contribution in [3.8, 4) is 0 Å². The third-order valence-electron chi connectivity index (χ3n) is 4.41. The molecule has 0 saturated carbocycles. The third-order valence-corrected chi connectivity index (χ3v) is 5.40. The number of aromatic nitrogens is 2. The van der Waals surface area contributed by atoms with Crippen molar-refractivity contribution in [3.05, 3.63) is 34.5 Å². The molecule has 0 atom stereocenters. The number of amides is 1. The summed E-state index contributed by atoms with van der Waals surface area (Å²) < 4.78 is 37.8. The zero-order valence-electron chi connectivity index (χ0n) is 15.0. The highest BCUT2D eigenvalue weighted by Crippen LogP contribution is 2.29. The Kier molecular flexibility index (Phi) is 5.66.